The van der Waals surface area contributed by atoms with Gasteiger partial charge in [0.25, 0.3) is 5.89 Å². The van der Waals surface area contributed by atoms with Crippen molar-refractivity contribution in [3.63, 3.8) is 0 Å². The lowest BCUT2D eigenvalue weighted by Gasteiger charge is -2.30. The van der Waals surface area contributed by atoms with Crippen molar-refractivity contribution in [2.75, 3.05) is 26.0 Å². The third-order valence-electron chi connectivity index (χ3n) is 4.46. The Balaban J connectivity index is 1.76. The summed E-state index contributed by atoms with van der Waals surface area (Å²) in [6.07, 6.45) is 1.76. The molecule has 2 aromatic rings. The van der Waals surface area contributed by atoms with Crippen LogP contribution in [0.15, 0.2) is 33.9 Å². The average Bonchev–Trinajstić information content (AvgIpc) is 3.13. The van der Waals surface area contributed by atoms with Crippen molar-refractivity contribution in [1.29, 1.82) is 0 Å². The summed E-state index contributed by atoms with van der Waals surface area (Å²) >= 11 is 0. The standard InChI is InChI=1S/C17H21N3O5S/c1-12-7-9-20(10-8-12)15(21)11-26(22,23)17-19-18-16(25-17)13-5-3-4-6-14(13)24-2/h3-6,12H,7-11H2,1-2H3. The zero-order valence-corrected chi connectivity index (χ0v) is 15.5. The fourth-order valence-corrected chi connectivity index (χ4v) is 3.84. The molecule has 1 amide bonds. The average molecular weight is 379 g/mol. The van der Waals surface area contributed by atoms with E-state index in [4.69, 9.17) is 9.15 Å². The van der Waals surface area contributed by atoms with E-state index in [9.17, 15) is 13.2 Å². The molecule has 0 atom stereocenters. The molecule has 0 radical (unpaired) electrons. The Bertz CT molecular complexity index is 885. The van der Waals surface area contributed by atoms with Crippen LogP contribution < -0.4 is 4.74 Å². The van der Waals surface area contributed by atoms with Gasteiger partial charge >= 0.3 is 5.22 Å². The molecule has 26 heavy (non-hydrogen) atoms. The topological polar surface area (TPSA) is 103 Å². The van der Waals surface area contributed by atoms with Gasteiger partial charge in [-0.2, -0.15) is 0 Å². The molecule has 8 nitrogen and oxygen atoms in total. The van der Waals surface area contributed by atoms with Crippen molar-refractivity contribution in [2.24, 2.45) is 5.92 Å². The molecule has 1 aliphatic rings. The molecule has 0 bridgehead atoms. The monoisotopic (exact) mass is 379 g/mol. The highest BCUT2D eigenvalue weighted by Crippen LogP contribution is 2.29. The summed E-state index contributed by atoms with van der Waals surface area (Å²) in [7, 11) is -2.51. The van der Waals surface area contributed by atoms with Crippen molar-refractivity contribution in [3.05, 3.63) is 24.3 Å². The predicted molar refractivity (Wildman–Crippen MR) is 93.3 cm³/mol. The Hall–Kier alpha value is -2.42. The number of amides is 1. The maximum atomic E-state index is 12.5. The summed E-state index contributed by atoms with van der Waals surface area (Å²) < 4.78 is 35.5. The van der Waals surface area contributed by atoms with Crippen LogP contribution in [-0.4, -0.2) is 55.4 Å². The second-order valence-electron chi connectivity index (χ2n) is 6.40. The Labute approximate surface area is 152 Å². The number of methoxy groups -OCH3 is 1. The van der Waals surface area contributed by atoms with Crippen LogP contribution in [0.25, 0.3) is 11.5 Å². The Morgan fingerprint density at radius 1 is 1.27 bits per heavy atom. The molecular weight excluding hydrogens is 358 g/mol. The summed E-state index contributed by atoms with van der Waals surface area (Å²) in [5, 5.41) is 6.85. The Kier molecular flexibility index (Phi) is 5.26. The number of para-hydroxylation sites is 1. The van der Waals surface area contributed by atoms with Crippen LogP contribution in [0.4, 0.5) is 0 Å². The summed E-state index contributed by atoms with van der Waals surface area (Å²) in [4.78, 5) is 13.9. The summed E-state index contributed by atoms with van der Waals surface area (Å²) in [5.41, 5.74) is 0.486. The first-order chi connectivity index (χ1) is 12.4. The zero-order chi connectivity index (χ0) is 18.7. The number of benzene rings is 1. The van der Waals surface area contributed by atoms with E-state index in [0.29, 0.717) is 30.3 Å². The van der Waals surface area contributed by atoms with Gasteiger partial charge in [0.2, 0.25) is 15.7 Å². The molecule has 3 rings (SSSR count). The van der Waals surface area contributed by atoms with Gasteiger partial charge in [-0.05, 0) is 30.9 Å². The zero-order valence-electron chi connectivity index (χ0n) is 14.7. The van der Waals surface area contributed by atoms with E-state index in [2.05, 4.69) is 17.1 Å². The third-order valence-corrected chi connectivity index (χ3v) is 5.78. The smallest absolute Gasteiger partial charge is 0.336 e. The van der Waals surface area contributed by atoms with Gasteiger partial charge in [-0.25, -0.2) is 8.42 Å². The van der Waals surface area contributed by atoms with Gasteiger partial charge in [-0.1, -0.05) is 24.2 Å². The van der Waals surface area contributed by atoms with Crippen molar-refractivity contribution in [3.8, 4) is 17.2 Å². The van der Waals surface area contributed by atoms with Crippen LogP contribution in [0.5, 0.6) is 5.75 Å². The maximum absolute atomic E-state index is 12.5. The highest BCUT2D eigenvalue weighted by molar-refractivity contribution is 7.91. The summed E-state index contributed by atoms with van der Waals surface area (Å²) in [6, 6.07) is 6.91. The van der Waals surface area contributed by atoms with E-state index >= 15 is 0 Å². The SMILES string of the molecule is COc1ccccc1-c1nnc(S(=O)(=O)CC(=O)N2CCC(C)CC2)o1. The van der Waals surface area contributed by atoms with Crippen LogP contribution in [0.2, 0.25) is 0 Å². The minimum Gasteiger partial charge on any atom is -0.496 e. The molecule has 2 heterocycles. The van der Waals surface area contributed by atoms with Gasteiger partial charge in [-0.15, -0.1) is 5.10 Å². The van der Waals surface area contributed by atoms with Crippen LogP contribution in [0.3, 0.4) is 0 Å². The van der Waals surface area contributed by atoms with Gasteiger partial charge in [0, 0.05) is 13.1 Å². The molecule has 0 N–H and O–H groups in total. The maximum Gasteiger partial charge on any atom is 0.336 e. The number of sulfone groups is 1. The molecule has 0 spiro atoms. The van der Waals surface area contributed by atoms with E-state index in [1.807, 2.05) is 0 Å². The quantitative estimate of drug-likeness (QED) is 0.780. The Morgan fingerprint density at radius 3 is 2.65 bits per heavy atom. The molecule has 9 heteroatoms. The second-order valence-corrected chi connectivity index (χ2v) is 8.26. The minimum atomic E-state index is -4.00. The molecule has 1 aliphatic heterocycles. The number of likely N-dealkylation sites (tertiary alicyclic amines) is 1. The normalized spacial score (nSPS) is 15.8. The number of hydrogen-bond acceptors (Lipinski definition) is 7. The van der Waals surface area contributed by atoms with Crippen LogP contribution in [-0.2, 0) is 14.6 Å². The minimum absolute atomic E-state index is 0.0280. The van der Waals surface area contributed by atoms with E-state index in [1.165, 1.54) is 7.11 Å². The van der Waals surface area contributed by atoms with Crippen molar-refractivity contribution < 1.29 is 22.4 Å². The summed E-state index contributed by atoms with van der Waals surface area (Å²) in [6.45, 7) is 3.27. The molecule has 0 unspecified atom stereocenters. The fraction of sp³-hybridized carbons (Fsp3) is 0.471. The highest BCUT2D eigenvalue weighted by atomic mass is 32.2. The van der Waals surface area contributed by atoms with Crippen molar-refractivity contribution in [2.45, 2.75) is 25.0 Å². The number of hydrogen-bond donors (Lipinski definition) is 0. The van der Waals surface area contributed by atoms with Crippen molar-refractivity contribution >= 4 is 15.7 Å². The number of carbonyl (C=O) groups is 1. The number of rotatable bonds is 5. The van der Waals surface area contributed by atoms with Gasteiger partial charge in [0.1, 0.15) is 11.5 Å². The number of ether oxygens (including phenoxy) is 1. The first-order valence-corrected chi connectivity index (χ1v) is 10.0. The van der Waals surface area contributed by atoms with Gasteiger partial charge in [-0.3, -0.25) is 4.79 Å². The number of carbonyl (C=O) groups excluding carboxylic acids is 1. The van der Waals surface area contributed by atoms with Gasteiger partial charge < -0.3 is 14.1 Å². The number of aromatic nitrogens is 2. The molecule has 1 aromatic heterocycles. The lowest BCUT2D eigenvalue weighted by molar-refractivity contribution is -0.129. The van der Waals surface area contributed by atoms with E-state index < -0.39 is 26.7 Å². The molecule has 1 aromatic carbocycles. The number of piperidine rings is 1. The molecule has 1 fully saturated rings. The molecule has 0 aliphatic carbocycles. The molecule has 0 saturated carbocycles. The first-order valence-electron chi connectivity index (χ1n) is 8.38. The second kappa shape index (κ2) is 7.45. The lowest BCUT2D eigenvalue weighted by atomic mass is 9.99. The van der Waals surface area contributed by atoms with E-state index in [1.54, 1.807) is 29.2 Å². The van der Waals surface area contributed by atoms with Crippen molar-refractivity contribution in [1.82, 2.24) is 15.1 Å². The predicted octanol–water partition coefficient (Wildman–Crippen LogP) is 1.78. The fourth-order valence-electron chi connectivity index (χ4n) is 2.84. The van der Waals surface area contributed by atoms with Gasteiger partial charge in [0.15, 0.2) is 0 Å². The molecular formula is C17H21N3O5S. The van der Waals surface area contributed by atoms with Crippen LogP contribution in [0, 0.1) is 5.92 Å². The largest absolute Gasteiger partial charge is 0.496 e. The van der Waals surface area contributed by atoms with E-state index in [-0.39, 0.29) is 5.89 Å². The lowest BCUT2D eigenvalue weighted by Crippen LogP contribution is -2.41. The third kappa shape index (κ3) is 3.87. The van der Waals surface area contributed by atoms with Gasteiger partial charge in [0.05, 0.1) is 12.7 Å². The Morgan fingerprint density at radius 2 is 1.96 bits per heavy atom. The highest BCUT2D eigenvalue weighted by Gasteiger charge is 2.30. The van der Waals surface area contributed by atoms with E-state index in [0.717, 1.165) is 12.8 Å². The first kappa shape index (κ1) is 18.4. The number of nitrogens with zero attached hydrogens (tertiary/aromatic N) is 3. The molecule has 140 valence electrons. The van der Waals surface area contributed by atoms with Crippen LogP contribution >= 0.6 is 0 Å². The van der Waals surface area contributed by atoms with Crippen LogP contribution in [0.1, 0.15) is 19.8 Å². The summed E-state index contributed by atoms with van der Waals surface area (Å²) in [5.74, 6) is -0.0441. The molecule has 1 saturated heterocycles.